The fourth-order valence-corrected chi connectivity index (χ4v) is 4.60. The molecule has 0 amide bonds. The topological polar surface area (TPSA) is 55.4 Å². The summed E-state index contributed by atoms with van der Waals surface area (Å²) < 4.78 is 34.0. The third-order valence-corrected chi connectivity index (χ3v) is 6.12. The van der Waals surface area contributed by atoms with Gasteiger partial charge < -0.3 is 4.74 Å². The molecule has 1 aromatic rings. The third-order valence-electron chi connectivity index (χ3n) is 4.63. The molecular weight excluding hydrogens is 310 g/mol. The highest BCUT2D eigenvalue weighted by atomic mass is 32.2. The molecule has 1 aromatic carbocycles. The predicted octanol–water partition coefficient (Wildman–Crippen LogP) is 4.07. The van der Waals surface area contributed by atoms with Crippen molar-refractivity contribution < 1.29 is 13.2 Å². The zero-order chi connectivity index (χ0) is 17.0. The van der Waals surface area contributed by atoms with Gasteiger partial charge in [-0.2, -0.15) is 0 Å². The molecule has 0 aromatic heterocycles. The molecule has 0 saturated heterocycles. The highest BCUT2D eigenvalue weighted by Crippen LogP contribution is 2.30. The summed E-state index contributed by atoms with van der Waals surface area (Å²) in [5.41, 5.74) is 0.936. The summed E-state index contributed by atoms with van der Waals surface area (Å²) in [5, 5.41) is 0. The van der Waals surface area contributed by atoms with Crippen LogP contribution < -0.4 is 9.46 Å². The van der Waals surface area contributed by atoms with Gasteiger partial charge in [-0.25, -0.2) is 13.1 Å². The quantitative estimate of drug-likeness (QED) is 0.850. The van der Waals surface area contributed by atoms with E-state index < -0.39 is 10.0 Å². The smallest absolute Gasteiger partial charge is 0.240 e. The van der Waals surface area contributed by atoms with Crippen molar-refractivity contribution in [2.75, 3.05) is 6.61 Å². The van der Waals surface area contributed by atoms with Crippen LogP contribution in [-0.4, -0.2) is 21.1 Å². The molecule has 1 fully saturated rings. The number of ether oxygens (including phenoxy) is 1. The van der Waals surface area contributed by atoms with Gasteiger partial charge in [0.25, 0.3) is 0 Å². The van der Waals surface area contributed by atoms with Crippen LogP contribution in [0.3, 0.4) is 0 Å². The van der Waals surface area contributed by atoms with Gasteiger partial charge in [0, 0.05) is 6.04 Å². The lowest BCUT2D eigenvalue weighted by molar-refractivity contribution is 0.310. The molecule has 0 aliphatic heterocycles. The molecule has 1 aliphatic carbocycles. The molecule has 0 unspecified atom stereocenters. The van der Waals surface area contributed by atoms with Gasteiger partial charge in [-0.1, -0.05) is 33.6 Å². The molecule has 1 aliphatic rings. The van der Waals surface area contributed by atoms with E-state index in [-0.39, 0.29) is 12.0 Å². The minimum atomic E-state index is -3.49. The Hall–Kier alpha value is -1.07. The Morgan fingerprint density at radius 1 is 1.26 bits per heavy atom. The van der Waals surface area contributed by atoms with E-state index in [1.165, 1.54) is 6.42 Å². The van der Waals surface area contributed by atoms with Gasteiger partial charge in [-0.15, -0.1) is 0 Å². The van der Waals surface area contributed by atoms with Crippen molar-refractivity contribution in [1.29, 1.82) is 0 Å². The van der Waals surface area contributed by atoms with Gasteiger partial charge in [0.05, 0.1) is 11.5 Å². The van der Waals surface area contributed by atoms with E-state index in [0.29, 0.717) is 17.4 Å². The Labute approximate surface area is 140 Å². The zero-order valence-corrected chi connectivity index (χ0v) is 15.4. The van der Waals surface area contributed by atoms with Crippen LogP contribution in [0.1, 0.15) is 64.9 Å². The van der Waals surface area contributed by atoms with E-state index in [0.717, 1.165) is 30.6 Å². The number of benzene rings is 1. The summed E-state index contributed by atoms with van der Waals surface area (Å²) in [6.45, 7) is 8.73. The van der Waals surface area contributed by atoms with E-state index in [9.17, 15) is 8.42 Å². The van der Waals surface area contributed by atoms with Gasteiger partial charge in [0.1, 0.15) is 5.75 Å². The lowest BCUT2D eigenvalue weighted by Crippen LogP contribution is -2.41. The van der Waals surface area contributed by atoms with Gasteiger partial charge in [-0.3, -0.25) is 0 Å². The van der Waals surface area contributed by atoms with Crippen molar-refractivity contribution in [1.82, 2.24) is 4.72 Å². The van der Waals surface area contributed by atoms with Crippen molar-refractivity contribution in [3.05, 3.63) is 23.8 Å². The van der Waals surface area contributed by atoms with E-state index in [1.807, 2.05) is 20.8 Å². The highest BCUT2D eigenvalue weighted by molar-refractivity contribution is 7.89. The van der Waals surface area contributed by atoms with Gasteiger partial charge in [0.2, 0.25) is 10.0 Å². The Morgan fingerprint density at radius 3 is 2.57 bits per heavy atom. The molecule has 4 nitrogen and oxygen atoms in total. The van der Waals surface area contributed by atoms with E-state index in [1.54, 1.807) is 18.2 Å². The van der Waals surface area contributed by atoms with Gasteiger partial charge >= 0.3 is 0 Å². The third kappa shape index (κ3) is 4.48. The minimum absolute atomic E-state index is 0.0443. The summed E-state index contributed by atoms with van der Waals surface area (Å²) in [6.07, 6.45) is 4.31. The van der Waals surface area contributed by atoms with E-state index in [4.69, 9.17) is 4.74 Å². The molecule has 2 rings (SSSR count). The number of sulfonamides is 1. The maximum atomic E-state index is 12.7. The first-order chi connectivity index (χ1) is 10.8. The second-order valence-electron chi connectivity index (χ2n) is 6.78. The molecule has 0 radical (unpaired) electrons. The van der Waals surface area contributed by atoms with Gasteiger partial charge in [-0.05, 0) is 55.4 Å². The fourth-order valence-electron chi connectivity index (χ4n) is 3.19. The molecule has 1 saturated carbocycles. The fraction of sp³-hybridized carbons (Fsp3) is 0.667. The lowest BCUT2D eigenvalue weighted by Gasteiger charge is -2.29. The van der Waals surface area contributed by atoms with Crippen LogP contribution in [-0.2, 0) is 10.0 Å². The average molecular weight is 340 g/mol. The van der Waals surface area contributed by atoms with Crippen molar-refractivity contribution in [2.45, 2.75) is 70.2 Å². The van der Waals surface area contributed by atoms with Crippen LogP contribution in [0.4, 0.5) is 0 Å². The van der Waals surface area contributed by atoms with Crippen LogP contribution in [0.25, 0.3) is 0 Å². The van der Waals surface area contributed by atoms with Crippen LogP contribution in [0, 0.1) is 5.92 Å². The highest BCUT2D eigenvalue weighted by Gasteiger charge is 2.27. The summed E-state index contributed by atoms with van der Waals surface area (Å²) in [4.78, 5) is 0.336. The molecule has 130 valence electrons. The SMILES string of the molecule is CCOc1ccc(S(=O)(=O)N[C@H]2CCCC[C@H]2C)cc1C(C)C. The molecule has 5 heteroatoms. The Balaban J connectivity index is 2.26. The van der Waals surface area contributed by atoms with Crippen LogP contribution in [0.5, 0.6) is 5.75 Å². The summed E-state index contributed by atoms with van der Waals surface area (Å²) in [5.74, 6) is 1.37. The monoisotopic (exact) mass is 339 g/mol. The predicted molar refractivity (Wildman–Crippen MR) is 93.4 cm³/mol. The minimum Gasteiger partial charge on any atom is -0.494 e. The largest absolute Gasteiger partial charge is 0.494 e. The second-order valence-corrected chi connectivity index (χ2v) is 8.49. The maximum absolute atomic E-state index is 12.7. The molecule has 1 N–H and O–H groups in total. The standard InChI is InChI=1S/C18H29NO3S/c1-5-22-18-11-10-15(12-16(18)13(2)3)23(20,21)19-17-9-7-6-8-14(17)4/h10-14,17,19H,5-9H2,1-4H3/t14-,17+/m1/s1. The Bertz CT molecular complexity index is 625. The first-order valence-corrected chi connectivity index (χ1v) is 10.1. The normalized spacial score (nSPS) is 22.3. The maximum Gasteiger partial charge on any atom is 0.240 e. The number of nitrogens with one attached hydrogen (secondary N) is 1. The number of rotatable bonds is 6. The second kappa shape index (κ2) is 7.67. The van der Waals surface area contributed by atoms with Crippen molar-refractivity contribution in [2.24, 2.45) is 5.92 Å². The first-order valence-electron chi connectivity index (χ1n) is 8.64. The molecule has 0 bridgehead atoms. The van der Waals surface area contributed by atoms with Crippen LogP contribution in [0.15, 0.2) is 23.1 Å². The van der Waals surface area contributed by atoms with Crippen LogP contribution in [0.2, 0.25) is 0 Å². The molecule has 0 spiro atoms. The zero-order valence-electron chi connectivity index (χ0n) is 14.6. The number of hydrogen-bond acceptors (Lipinski definition) is 3. The van der Waals surface area contributed by atoms with Crippen molar-refractivity contribution in [3.8, 4) is 5.75 Å². The molecular formula is C18H29NO3S. The van der Waals surface area contributed by atoms with Crippen molar-refractivity contribution in [3.63, 3.8) is 0 Å². The first kappa shape index (κ1) is 18.3. The van der Waals surface area contributed by atoms with Crippen molar-refractivity contribution >= 4 is 10.0 Å². The van der Waals surface area contributed by atoms with E-state index >= 15 is 0 Å². The average Bonchev–Trinajstić information content (AvgIpc) is 2.50. The Kier molecular flexibility index (Phi) is 6.09. The van der Waals surface area contributed by atoms with Gasteiger partial charge in [0.15, 0.2) is 0 Å². The number of hydrogen-bond donors (Lipinski definition) is 1. The molecule has 0 heterocycles. The van der Waals surface area contributed by atoms with E-state index in [2.05, 4.69) is 11.6 Å². The lowest BCUT2D eigenvalue weighted by atomic mass is 9.87. The van der Waals surface area contributed by atoms with Crippen LogP contribution >= 0.6 is 0 Å². The summed E-state index contributed by atoms with van der Waals surface area (Å²) in [7, 11) is -3.49. The molecule has 23 heavy (non-hydrogen) atoms. The molecule has 2 atom stereocenters. The summed E-state index contributed by atoms with van der Waals surface area (Å²) in [6, 6.07) is 5.22. The summed E-state index contributed by atoms with van der Waals surface area (Å²) >= 11 is 0. The Morgan fingerprint density at radius 2 is 1.96 bits per heavy atom.